The first-order chi connectivity index (χ1) is 14.5. The molecule has 4 nitrogen and oxygen atoms in total. The second-order valence-electron chi connectivity index (χ2n) is 6.68. The van der Waals surface area contributed by atoms with E-state index in [1.807, 2.05) is 48.5 Å². The van der Waals surface area contributed by atoms with Crippen LogP contribution in [0.15, 0.2) is 84.9 Å². The lowest BCUT2D eigenvalue weighted by atomic mass is 10.0. The molecule has 0 radical (unpaired) electrons. The second-order valence-corrected chi connectivity index (χ2v) is 8.89. The van der Waals surface area contributed by atoms with Gasteiger partial charge in [0.2, 0.25) is 0 Å². The number of benzene rings is 3. The fraction of sp³-hybridized carbons (Fsp3) is 0.0870. The lowest BCUT2D eigenvalue weighted by Gasteiger charge is -2.38. The minimum absolute atomic E-state index is 0.269. The van der Waals surface area contributed by atoms with Crippen LogP contribution in [0.1, 0.15) is 21.2 Å². The molecule has 0 aromatic heterocycles. The number of nitrogens with zero attached hydrogens (tertiary/aromatic N) is 1. The predicted molar refractivity (Wildman–Crippen MR) is 126 cm³/mol. The Morgan fingerprint density at radius 3 is 2.17 bits per heavy atom. The Bertz CT molecular complexity index is 1080. The number of thioether (sulfide) groups is 1. The number of carbonyl (C=O) groups excluding carboxylic acids is 2. The lowest BCUT2D eigenvalue weighted by Crippen LogP contribution is -2.55. The van der Waals surface area contributed by atoms with Crippen LogP contribution >= 0.6 is 35.6 Å². The van der Waals surface area contributed by atoms with Gasteiger partial charge in [0, 0.05) is 10.6 Å². The van der Waals surface area contributed by atoms with Gasteiger partial charge in [-0.1, -0.05) is 84.1 Å². The Morgan fingerprint density at radius 1 is 0.933 bits per heavy atom. The topological polar surface area (TPSA) is 49.4 Å². The molecule has 0 aliphatic carbocycles. The summed E-state index contributed by atoms with van der Waals surface area (Å²) >= 11 is 13.0. The maximum atomic E-state index is 13.5. The standard InChI is InChI=1S/C23H17ClN2O2S2/c24-17-13-11-15(12-14-17)20-19(25-21(27)16-7-3-1-4-8-16)22(28)26(23(29)30-20)18-9-5-2-6-10-18/h1-14,19-20H,(H,25,27)/t19-,20+/m0/s1. The third kappa shape index (κ3) is 4.26. The van der Waals surface area contributed by atoms with E-state index < -0.39 is 6.04 Å². The average molecular weight is 453 g/mol. The van der Waals surface area contributed by atoms with Crippen molar-refractivity contribution in [1.82, 2.24) is 5.32 Å². The molecule has 1 saturated heterocycles. The molecule has 1 heterocycles. The molecule has 150 valence electrons. The SMILES string of the molecule is O=C(N[C@@H]1C(=O)N(c2ccccc2)C(=S)S[C@@H]1c1ccc(Cl)cc1)c1ccccc1. The Labute approximate surface area is 189 Å². The summed E-state index contributed by atoms with van der Waals surface area (Å²) in [4.78, 5) is 27.9. The Hall–Kier alpha value is -2.67. The summed E-state index contributed by atoms with van der Waals surface area (Å²) in [5.74, 6) is -0.580. The van der Waals surface area contributed by atoms with Crippen molar-refractivity contribution in [3.63, 3.8) is 0 Å². The number of para-hydroxylation sites is 1. The van der Waals surface area contributed by atoms with Gasteiger partial charge < -0.3 is 5.32 Å². The van der Waals surface area contributed by atoms with Crippen molar-refractivity contribution < 1.29 is 9.59 Å². The summed E-state index contributed by atoms with van der Waals surface area (Å²) in [5.41, 5.74) is 2.03. The van der Waals surface area contributed by atoms with E-state index in [2.05, 4.69) is 5.32 Å². The number of rotatable bonds is 4. The molecule has 2 atom stereocenters. The van der Waals surface area contributed by atoms with Crippen LogP contribution in [0.3, 0.4) is 0 Å². The molecule has 1 N–H and O–H groups in total. The number of nitrogens with one attached hydrogen (secondary N) is 1. The minimum atomic E-state index is -0.796. The summed E-state index contributed by atoms with van der Waals surface area (Å²) < 4.78 is 0.441. The smallest absolute Gasteiger partial charge is 0.256 e. The zero-order valence-corrected chi connectivity index (χ0v) is 18.1. The van der Waals surface area contributed by atoms with Crippen molar-refractivity contribution >= 4 is 57.4 Å². The van der Waals surface area contributed by atoms with E-state index in [1.54, 1.807) is 36.4 Å². The zero-order valence-electron chi connectivity index (χ0n) is 15.7. The minimum Gasteiger partial charge on any atom is -0.339 e. The molecule has 0 bridgehead atoms. The van der Waals surface area contributed by atoms with Gasteiger partial charge in [-0.25, -0.2) is 0 Å². The largest absolute Gasteiger partial charge is 0.339 e. The van der Waals surface area contributed by atoms with E-state index in [-0.39, 0.29) is 17.1 Å². The van der Waals surface area contributed by atoms with Gasteiger partial charge in [-0.2, -0.15) is 0 Å². The van der Waals surface area contributed by atoms with Crippen LogP contribution in [0.4, 0.5) is 5.69 Å². The van der Waals surface area contributed by atoms with E-state index >= 15 is 0 Å². The Morgan fingerprint density at radius 2 is 1.53 bits per heavy atom. The number of halogens is 1. The van der Waals surface area contributed by atoms with E-state index in [4.69, 9.17) is 23.8 Å². The summed E-state index contributed by atoms with van der Waals surface area (Å²) in [7, 11) is 0. The number of carbonyl (C=O) groups is 2. The molecule has 0 unspecified atom stereocenters. The highest BCUT2D eigenvalue weighted by Crippen LogP contribution is 2.41. The molecule has 0 spiro atoms. The van der Waals surface area contributed by atoms with E-state index in [0.717, 1.165) is 5.56 Å². The van der Waals surface area contributed by atoms with Crippen LogP contribution in [0.2, 0.25) is 5.02 Å². The Balaban J connectivity index is 1.70. The lowest BCUT2D eigenvalue weighted by molar-refractivity contribution is -0.119. The van der Waals surface area contributed by atoms with E-state index in [0.29, 0.717) is 20.6 Å². The number of hydrogen-bond acceptors (Lipinski definition) is 4. The highest BCUT2D eigenvalue weighted by Gasteiger charge is 2.42. The van der Waals surface area contributed by atoms with Crippen molar-refractivity contribution in [2.24, 2.45) is 0 Å². The second kappa shape index (κ2) is 9.00. The van der Waals surface area contributed by atoms with Crippen molar-refractivity contribution in [2.75, 3.05) is 4.90 Å². The Kier molecular flexibility index (Phi) is 6.18. The normalized spacial score (nSPS) is 18.9. The first-order valence-electron chi connectivity index (χ1n) is 9.25. The third-order valence-corrected chi connectivity index (χ3v) is 6.64. The molecular weight excluding hydrogens is 436 g/mol. The molecule has 3 aromatic carbocycles. The highest BCUT2D eigenvalue weighted by atomic mass is 35.5. The fourth-order valence-corrected chi connectivity index (χ4v) is 5.03. The molecule has 1 aliphatic rings. The number of hydrogen-bond donors (Lipinski definition) is 1. The maximum Gasteiger partial charge on any atom is 0.256 e. The van der Waals surface area contributed by atoms with Gasteiger partial charge in [-0.3, -0.25) is 14.5 Å². The van der Waals surface area contributed by atoms with E-state index in [9.17, 15) is 9.59 Å². The van der Waals surface area contributed by atoms with Gasteiger partial charge in [0.05, 0.1) is 10.9 Å². The van der Waals surface area contributed by atoms with Crippen LogP contribution < -0.4 is 10.2 Å². The zero-order chi connectivity index (χ0) is 21.1. The summed E-state index contributed by atoms with van der Waals surface area (Å²) in [6.07, 6.45) is 0. The number of anilines is 1. The van der Waals surface area contributed by atoms with Gasteiger partial charge in [-0.05, 0) is 42.0 Å². The van der Waals surface area contributed by atoms with Crippen LogP contribution in [0.5, 0.6) is 0 Å². The van der Waals surface area contributed by atoms with Crippen molar-refractivity contribution in [3.05, 3.63) is 101 Å². The molecule has 1 fully saturated rings. The van der Waals surface area contributed by atoms with Gasteiger partial charge in [-0.15, -0.1) is 0 Å². The molecule has 7 heteroatoms. The highest BCUT2D eigenvalue weighted by molar-refractivity contribution is 8.23. The van der Waals surface area contributed by atoms with Crippen LogP contribution in [0.25, 0.3) is 0 Å². The molecule has 4 rings (SSSR count). The first-order valence-corrected chi connectivity index (χ1v) is 10.9. The van der Waals surface area contributed by atoms with Crippen molar-refractivity contribution in [1.29, 1.82) is 0 Å². The predicted octanol–water partition coefficient (Wildman–Crippen LogP) is 5.24. The van der Waals surface area contributed by atoms with E-state index in [1.165, 1.54) is 16.7 Å². The van der Waals surface area contributed by atoms with Crippen molar-refractivity contribution in [2.45, 2.75) is 11.3 Å². The first kappa shape index (κ1) is 20.6. The van der Waals surface area contributed by atoms with Crippen molar-refractivity contribution in [3.8, 4) is 0 Å². The molecule has 30 heavy (non-hydrogen) atoms. The molecule has 3 aromatic rings. The van der Waals surface area contributed by atoms with Crippen LogP contribution in [-0.4, -0.2) is 22.2 Å². The van der Waals surface area contributed by atoms with Crippen LogP contribution in [-0.2, 0) is 4.79 Å². The monoisotopic (exact) mass is 452 g/mol. The van der Waals surface area contributed by atoms with Gasteiger partial charge >= 0.3 is 0 Å². The number of thiocarbonyl (C=S) groups is 1. The summed E-state index contributed by atoms with van der Waals surface area (Å²) in [6.45, 7) is 0. The van der Waals surface area contributed by atoms with Crippen LogP contribution in [0, 0.1) is 0 Å². The molecule has 1 aliphatic heterocycles. The summed E-state index contributed by atoms with van der Waals surface area (Å²) in [5, 5.41) is 3.16. The maximum absolute atomic E-state index is 13.5. The number of amides is 2. The van der Waals surface area contributed by atoms with Gasteiger partial charge in [0.25, 0.3) is 11.8 Å². The molecular formula is C23H17ClN2O2S2. The average Bonchev–Trinajstić information content (AvgIpc) is 2.77. The van der Waals surface area contributed by atoms with Gasteiger partial charge in [0.15, 0.2) is 0 Å². The quantitative estimate of drug-likeness (QED) is 0.549. The molecule has 0 saturated carbocycles. The third-order valence-electron chi connectivity index (χ3n) is 4.74. The van der Waals surface area contributed by atoms with Gasteiger partial charge in [0.1, 0.15) is 10.4 Å². The fourth-order valence-electron chi connectivity index (χ4n) is 3.26. The summed E-state index contributed by atoms with van der Waals surface area (Å²) in [6, 6.07) is 24.5. The molecule has 2 amide bonds.